The van der Waals surface area contributed by atoms with Gasteiger partial charge in [-0.3, -0.25) is 0 Å². The van der Waals surface area contributed by atoms with Crippen LogP contribution in [0.2, 0.25) is 0 Å². The van der Waals surface area contributed by atoms with E-state index in [2.05, 4.69) is 28.1 Å². The van der Waals surface area contributed by atoms with E-state index < -0.39 is 8.38 Å². The molecule has 0 aliphatic rings. The first-order valence-electron chi connectivity index (χ1n) is 6.16. The van der Waals surface area contributed by atoms with Crippen LogP contribution >= 0.6 is 24.3 Å². The Bertz CT molecular complexity index is 487. The molecule has 0 saturated carbocycles. The Labute approximate surface area is 123 Å². The predicted octanol–water partition coefficient (Wildman–Crippen LogP) is 5.38. The molecule has 0 radical (unpaired) electrons. The summed E-state index contributed by atoms with van der Waals surface area (Å²) >= 11 is 3.41. The van der Waals surface area contributed by atoms with Crippen molar-refractivity contribution in [2.75, 3.05) is 6.61 Å². The van der Waals surface area contributed by atoms with Crippen molar-refractivity contribution >= 4 is 24.3 Å². The first kappa shape index (κ1) is 14.5. The van der Waals surface area contributed by atoms with Crippen LogP contribution in [0.1, 0.15) is 12.5 Å². The molecule has 100 valence electrons. The molecule has 4 heteroatoms. The Balaban J connectivity index is 2.01. The Morgan fingerprint density at radius 1 is 1.00 bits per heavy atom. The quantitative estimate of drug-likeness (QED) is 0.658. The molecular formula is C15H16BrO2P. The summed E-state index contributed by atoms with van der Waals surface area (Å²) in [6, 6.07) is 18.1. The van der Waals surface area contributed by atoms with Gasteiger partial charge in [0.1, 0.15) is 5.75 Å². The zero-order valence-electron chi connectivity index (χ0n) is 10.8. The van der Waals surface area contributed by atoms with Crippen molar-refractivity contribution in [2.45, 2.75) is 13.1 Å². The minimum absolute atomic E-state index is 0.662. The molecule has 1 unspecified atom stereocenters. The standard InChI is InChI=1S/C15H16BrO2P/c1-2-17-19(12-13-6-4-3-5-7-13)18-15-10-8-14(16)9-11-15/h3-11H,2,12H2,1H3. The Kier molecular flexibility index (Phi) is 5.84. The van der Waals surface area contributed by atoms with Crippen molar-refractivity contribution in [1.29, 1.82) is 0 Å². The Hall–Kier alpha value is -0.890. The van der Waals surface area contributed by atoms with Crippen LogP contribution in [0.3, 0.4) is 0 Å². The second-order valence-corrected chi connectivity index (χ2v) is 6.28. The molecule has 0 N–H and O–H groups in total. The van der Waals surface area contributed by atoms with E-state index in [4.69, 9.17) is 9.05 Å². The van der Waals surface area contributed by atoms with Gasteiger partial charge in [-0.1, -0.05) is 46.3 Å². The highest BCUT2D eigenvalue weighted by molar-refractivity contribution is 9.10. The van der Waals surface area contributed by atoms with E-state index in [0.29, 0.717) is 6.61 Å². The van der Waals surface area contributed by atoms with Crippen molar-refractivity contribution in [3.63, 3.8) is 0 Å². The zero-order chi connectivity index (χ0) is 13.5. The maximum absolute atomic E-state index is 5.94. The molecule has 0 bridgehead atoms. The van der Waals surface area contributed by atoms with Crippen molar-refractivity contribution in [2.24, 2.45) is 0 Å². The van der Waals surface area contributed by atoms with Crippen molar-refractivity contribution in [3.8, 4) is 5.75 Å². The molecule has 2 aromatic rings. The normalized spacial score (nSPS) is 12.1. The van der Waals surface area contributed by atoms with E-state index in [1.165, 1.54) is 5.56 Å². The van der Waals surface area contributed by atoms with Crippen molar-refractivity contribution in [1.82, 2.24) is 0 Å². The third-order valence-corrected chi connectivity index (χ3v) is 4.56. The highest BCUT2D eigenvalue weighted by Gasteiger charge is 2.12. The van der Waals surface area contributed by atoms with Gasteiger partial charge in [0.25, 0.3) is 0 Å². The molecule has 2 rings (SSSR count). The molecule has 0 saturated heterocycles. The summed E-state index contributed by atoms with van der Waals surface area (Å²) in [4.78, 5) is 0. The third-order valence-electron chi connectivity index (χ3n) is 2.45. The van der Waals surface area contributed by atoms with E-state index in [1.807, 2.05) is 49.4 Å². The Morgan fingerprint density at radius 3 is 2.32 bits per heavy atom. The van der Waals surface area contributed by atoms with Crippen LogP contribution in [0.5, 0.6) is 5.75 Å². The van der Waals surface area contributed by atoms with Crippen LogP contribution in [-0.4, -0.2) is 6.61 Å². The van der Waals surface area contributed by atoms with Gasteiger partial charge in [0.2, 0.25) is 8.38 Å². The summed E-state index contributed by atoms with van der Waals surface area (Å²) < 4.78 is 12.7. The molecule has 0 aromatic heterocycles. The smallest absolute Gasteiger partial charge is 0.234 e. The fourth-order valence-corrected chi connectivity index (χ4v) is 3.22. The average Bonchev–Trinajstić information content (AvgIpc) is 2.43. The first-order chi connectivity index (χ1) is 9.28. The van der Waals surface area contributed by atoms with Crippen LogP contribution < -0.4 is 4.52 Å². The van der Waals surface area contributed by atoms with Gasteiger partial charge in [0, 0.05) is 4.47 Å². The zero-order valence-corrected chi connectivity index (χ0v) is 13.2. The summed E-state index contributed by atoms with van der Waals surface area (Å²) in [5, 5.41) is 0. The molecule has 19 heavy (non-hydrogen) atoms. The van der Waals surface area contributed by atoms with Gasteiger partial charge >= 0.3 is 0 Å². The molecule has 0 fully saturated rings. The topological polar surface area (TPSA) is 18.5 Å². The van der Waals surface area contributed by atoms with E-state index >= 15 is 0 Å². The molecule has 0 spiro atoms. The number of rotatable bonds is 6. The van der Waals surface area contributed by atoms with Crippen LogP contribution in [0.25, 0.3) is 0 Å². The second-order valence-electron chi connectivity index (χ2n) is 3.94. The van der Waals surface area contributed by atoms with Crippen LogP contribution in [0.4, 0.5) is 0 Å². The van der Waals surface area contributed by atoms with Crippen molar-refractivity contribution in [3.05, 3.63) is 64.6 Å². The van der Waals surface area contributed by atoms with E-state index in [9.17, 15) is 0 Å². The van der Waals surface area contributed by atoms with Gasteiger partial charge in [-0.15, -0.1) is 0 Å². The summed E-state index contributed by atoms with van der Waals surface area (Å²) in [5.74, 6) is 0.846. The highest BCUT2D eigenvalue weighted by atomic mass is 79.9. The molecule has 2 nitrogen and oxygen atoms in total. The monoisotopic (exact) mass is 338 g/mol. The lowest BCUT2D eigenvalue weighted by molar-refractivity contribution is 0.333. The van der Waals surface area contributed by atoms with Gasteiger partial charge in [-0.2, -0.15) is 0 Å². The molecule has 0 aliphatic heterocycles. The number of hydrogen-bond donors (Lipinski definition) is 0. The minimum Gasteiger partial charge on any atom is -0.447 e. The number of benzene rings is 2. The predicted molar refractivity (Wildman–Crippen MR) is 83.5 cm³/mol. The van der Waals surface area contributed by atoms with Gasteiger partial charge < -0.3 is 9.05 Å². The lowest BCUT2D eigenvalue weighted by Crippen LogP contribution is -1.96. The maximum atomic E-state index is 5.94. The molecule has 0 amide bonds. The first-order valence-corrected chi connectivity index (χ1v) is 8.31. The summed E-state index contributed by atoms with van der Waals surface area (Å²) in [7, 11) is -0.938. The average molecular weight is 339 g/mol. The summed E-state index contributed by atoms with van der Waals surface area (Å²) in [6.07, 6.45) is 0.806. The van der Waals surface area contributed by atoms with Gasteiger partial charge in [-0.05, 0) is 36.8 Å². The van der Waals surface area contributed by atoms with Crippen LogP contribution in [0, 0.1) is 0 Å². The SMILES string of the molecule is CCOP(Cc1ccccc1)Oc1ccc(Br)cc1. The lowest BCUT2D eigenvalue weighted by atomic mass is 10.2. The number of hydrogen-bond acceptors (Lipinski definition) is 2. The van der Waals surface area contributed by atoms with Crippen LogP contribution in [0.15, 0.2) is 59.1 Å². The molecule has 1 atom stereocenters. The molecular weight excluding hydrogens is 323 g/mol. The fraction of sp³-hybridized carbons (Fsp3) is 0.200. The molecule has 2 aromatic carbocycles. The summed E-state index contributed by atoms with van der Waals surface area (Å²) in [6.45, 7) is 2.65. The van der Waals surface area contributed by atoms with Crippen LogP contribution in [-0.2, 0) is 10.7 Å². The van der Waals surface area contributed by atoms with Gasteiger partial charge in [0.05, 0.1) is 12.8 Å². The second kappa shape index (κ2) is 7.64. The molecule has 0 heterocycles. The van der Waals surface area contributed by atoms with Gasteiger partial charge in [-0.25, -0.2) is 0 Å². The van der Waals surface area contributed by atoms with Gasteiger partial charge in [0.15, 0.2) is 0 Å². The van der Waals surface area contributed by atoms with E-state index in [-0.39, 0.29) is 0 Å². The van der Waals surface area contributed by atoms with E-state index in [0.717, 1.165) is 16.4 Å². The van der Waals surface area contributed by atoms with Crippen molar-refractivity contribution < 1.29 is 9.05 Å². The highest BCUT2D eigenvalue weighted by Crippen LogP contribution is 2.42. The minimum atomic E-state index is -0.938. The summed E-state index contributed by atoms with van der Waals surface area (Å²) in [5.41, 5.74) is 1.24. The van der Waals surface area contributed by atoms with E-state index in [1.54, 1.807) is 0 Å². The molecule has 0 aliphatic carbocycles. The maximum Gasteiger partial charge on any atom is 0.234 e. The fourth-order valence-electron chi connectivity index (χ4n) is 1.59. The number of halogens is 1. The largest absolute Gasteiger partial charge is 0.447 e. The third kappa shape index (κ3) is 4.94. The lowest BCUT2D eigenvalue weighted by Gasteiger charge is -2.17. The Morgan fingerprint density at radius 2 is 1.68 bits per heavy atom.